The molecule has 1 aromatic heterocycles. The lowest BCUT2D eigenvalue weighted by atomic mass is 9.81. The average Bonchev–Trinajstić information content (AvgIpc) is 2.81. The van der Waals surface area contributed by atoms with Crippen LogP contribution >= 0.6 is 22.9 Å². The Hall–Kier alpha value is -0.0900. The van der Waals surface area contributed by atoms with Crippen LogP contribution in [0.5, 0.6) is 0 Å². The van der Waals surface area contributed by atoms with Gasteiger partial charge in [0.2, 0.25) is 0 Å². The zero-order valence-electron chi connectivity index (χ0n) is 13.1. The molecular weight excluding hydrogens is 290 g/mol. The number of nitrogens with one attached hydrogen (secondary N) is 1. The first-order valence-electron chi connectivity index (χ1n) is 7.44. The molecule has 4 heteroatoms. The number of thiophene rings is 1. The van der Waals surface area contributed by atoms with Gasteiger partial charge < -0.3 is 10.1 Å². The quantitative estimate of drug-likeness (QED) is 0.822. The Labute approximate surface area is 131 Å². The van der Waals surface area contributed by atoms with E-state index in [1.807, 2.05) is 6.07 Å². The predicted molar refractivity (Wildman–Crippen MR) is 87.7 cm³/mol. The molecule has 2 heterocycles. The van der Waals surface area contributed by atoms with E-state index in [1.165, 1.54) is 4.88 Å². The van der Waals surface area contributed by atoms with E-state index in [0.717, 1.165) is 23.7 Å². The SMILES string of the molecule is CCCNC(c1ccc(Cl)s1)C1CC(C)(C)OC1(C)C. The number of rotatable bonds is 5. The van der Waals surface area contributed by atoms with Gasteiger partial charge in [-0.2, -0.15) is 0 Å². The molecule has 2 nitrogen and oxygen atoms in total. The van der Waals surface area contributed by atoms with Crippen LogP contribution in [0.3, 0.4) is 0 Å². The van der Waals surface area contributed by atoms with Crippen LogP contribution in [-0.2, 0) is 4.74 Å². The van der Waals surface area contributed by atoms with Crippen LogP contribution in [-0.4, -0.2) is 17.7 Å². The third kappa shape index (κ3) is 3.56. The van der Waals surface area contributed by atoms with Gasteiger partial charge in [-0.25, -0.2) is 0 Å². The second kappa shape index (κ2) is 5.96. The fourth-order valence-corrected chi connectivity index (χ4v) is 4.56. The number of hydrogen-bond donors (Lipinski definition) is 1. The first kappa shape index (κ1) is 16.3. The number of hydrogen-bond acceptors (Lipinski definition) is 3. The monoisotopic (exact) mass is 315 g/mol. The van der Waals surface area contributed by atoms with Crippen LogP contribution in [0.1, 0.15) is 58.4 Å². The minimum absolute atomic E-state index is 0.0542. The van der Waals surface area contributed by atoms with Gasteiger partial charge in [-0.15, -0.1) is 11.3 Å². The van der Waals surface area contributed by atoms with E-state index in [0.29, 0.717) is 12.0 Å². The molecule has 0 spiro atoms. The second-order valence-corrected chi connectivity index (χ2v) is 8.60. The third-order valence-electron chi connectivity index (χ3n) is 4.06. The van der Waals surface area contributed by atoms with Crippen molar-refractivity contribution in [2.24, 2.45) is 5.92 Å². The highest BCUT2D eigenvalue weighted by atomic mass is 35.5. The Kier molecular flexibility index (Phi) is 4.85. The van der Waals surface area contributed by atoms with Crippen molar-refractivity contribution in [2.75, 3.05) is 6.54 Å². The van der Waals surface area contributed by atoms with E-state index in [4.69, 9.17) is 16.3 Å². The van der Waals surface area contributed by atoms with Crippen molar-refractivity contribution in [1.82, 2.24) is 5.32 Å². The van der Waals surface area contributed by atoms with Gasteiger partial charge in [0.1, 0.15) is 0 Å². The maximum Gasteiger partial charge on any atom is 0.0931 e. The molecule has 2 unspecified atom stereocenters. The molecule has 1 aliphatic heterocycles. The summed E-state index contributed by atoms with van der Waals surface area (Å²) < 4.78 is 7.13. The average molecular weight is 316 g/mol. The van der Waals surface area contributed by atoms with Gasteiger partial charge in [0.15, 0.2) is 0 Å². The maximum atomic E-state index is 6.27. The molecule has 1 saturated heterocycles. The van der Waals surface area contributed by atoms with Crippen molar-refractivity contribution < 1.29 is 4.74 Å². The Balaban J connectivity index is 2.27. The van der Waals surface area contributed by atoms with E-state index in [2.05, 4.69) is 46.0 Å². The summed E-state index contributed by atoms with van der Waals surface area (Å²) >= 11 is 7.81. The molecule has 2 rings (SSSR count). The lowest BCUT2D eigenvalue weighted by Crippen LogP contribution is -2.38. The van der Waals surface area contributed by atoms with Gasteiger partial charge in [0.05, 0.1) is 15.5 Å². The molecule has 0 radical (unpaired) electrons. The first-order valence-corrected chi connectivity index (χ1v) is 8.63. The summed E-state index contributed by atoms with van der Waals surface area (Å²) in [6.07, 6.45) is 2.20. The summed E-state index contributed by atoms with van der Waals surface area (Å²) in [5.74, 6) is 0.457. The fourth-order valence-electron chi connectivity index (χ4n) is 3.36. The van der Waals surface area contributed by atoms with Crippen LogP contribution in [0, 0.1) is 5.92 Å². The standard InChI is InChI=1S/C16H26ClNOS/c1-6-9-18-14(12-7-8-13(17)20-12)11-10-15(2,3)19-16(11,4)5/h7-8,11,14,18H,6,9-10H2,1-5H3. The summed E-state index contributed by atoms with van der Waals surface area (Å²) in [5, 5.41) is 3.71. The Morgan fingerprint density at radius 3 is 2.55 bits per heavy atom. The van der Waals surface area contributed by atoms with Crippen LogP contribution in [0.2, 0.25) is 4.34 Å². The van der Waals surface area contributed by atoms with Crippen molar-refractivity contribution in [1.29, 1.82) is 0 Å². The maximum absolute atomic E-state index is 6.27. The van der Waals surface area contributed by atoms with E-state index >= 15 is 0 Å². The second-order valence-electron chi connectivity index (χ2n) is 6.85. The molecular formula is C16H26ClNOS. The molecule has 0 aromatic carbocycles. The highest BCUT2D eigenvalue weighted by Gasteiger charge is 2.49. The fraction of sp³-hybridized carbons (Fsp3) is 0.750. The van der Waals surface area contributed by atoms with Crippen LogP contribution in [0.4, 0.5) is 0 Å². The molecule has 0 aliphatic carbocycles. The van der Waals surface area contributed by atoms with Crippen LogP contribution in [0.15, 0.2) is 12.1 Å². The Bertz CT molecular complexity index is 455. The highest BCUT2D eigenvalue weighted by molar-refractivity contribution is 7.16. The molecule has 0 amide bonds. The van der Waals surface area contributed by atoms with Crippen molar-refractivity contribution in [3.63, 3.8) is 0 Å². The molecule has 0 bridgehead atoms. The minimum Gasteiger partial charge on any atom is -0.369 e. The van der Waals surface area contributed by atoms with Crippen molar-refractivity contribution in [3.8, 4) is 0 Å². The molecule has 20 heavy (non-hydrogen) atoms. The van der Waals surface area contributed by atoms with Crippen molar-refractivity contribution in [3.05, 3.63) is 21.3 Å². The van der Waals surface area contributed by atoms with Crippen LogP contribution in [0.25, 0.3) is 0 Å². The van der Waals surface area contributed by atoms with Crippen LogP contribution < -0.4 is 5.32 Å². The molecule has 1 aromatic rings. The van der Waals surface area contributed by atoms with Crippen molar-refractivity contribution in [2.45, 2.75) is 64.7 Å². The van der Waals surface area contributed by atoms with E-state index in [1.54, 1.807) is 11.3 Å². The third-order valence-corrected chi connectivity index (χ3v) is 5.38. The zero-order chi connectivity index (χ0) is 15.0. The Morgan fingerprint density at radius 1 is 1.40 bits per heavy atom. The summed E-state index contributed by atoms with van der Waals surface area (Å²) in [6, 6.07) is 4.47. The largest absolute Gasteiger partial charge is 0.369 e. The van der Waals surface area contributed by atoms with Gasteiger partial charge in [0.25, 0.3) is 0 Å². The van der Waals surface area contributed by atoms with Gasteiger partial charge in [0, 0.05) is 16.8 Å². The summed E-state index contributed by atoms with van der Waals surface area (Å²) in [5.41, 5.74) is -0.174. The summed E-state index contributed by atoms with van der Waals surface area (Å²) in [7, 11) is 0. The highest BCUT2D eigenvalue weighted by Crippen LogP contribution is 2.48. The first-order chi connectivity index (χ1) is 9.25. The van der Waals surface area contributed by atoms with Gasteiger partial charge in [-0.3, -0.25) is 0 Å². The van der Waals surface area contributed by atoms with E-state index in [-0.39, 0.29) is 11.2 Å². The van der Waals surface area contributed by atoms with Gasteiger partial charge in [-0.1, -0.05) is 18.5 Å². The molecule has 0 saturated carbocycles. The normalized spacial score (nSPS) is 25.8. The molecule has 114 valence electrons. The minimum atomic E-state index is -0.120. The molecule has 2 atom stereocenters. The van der Waals surface area contributed by atoms with Gasteiger partial charge in [-0.05, 0) is 59.2 Å². The summed E-state index contributed by atoms with van der Waals surface area (Å²) in [4.78, 5) is 1.32. The lowest BCUT2D eigenvalue weighted by molar-refractivity contribution is -0.0777. The van der Waals surface area contributed by atoms with E-state index in [9.17, 15) is 0 Å². The smallest absolute Gasteiger partial charge is 0.0931 e. The Morgan fingerprint density at radius 2 is 2.10 bits per heavy atom. The topological polar surface area (TPSA) is 21.3 Å². The molecule has 1 aliphatic rings. The zero-order valence-corrected chi connectivity index (χ0v) is 14.7. The van der Waals surface area contributed by atoms with Crippen molar-refractivity contribution >= 4 is 22.9 Å². The summed E-state index contributed by atoms with van der Waals surface area (Å²) in [6.45, 7) is 12.0. The number of ether oxygens (including phenoxy) is 1. The molecule has 1 fully saturated rings. The lowest BCUT2D eigenvalue weighted by Gasteiger charge is -2.33. The van der Waals surface area contributed by atoms with Gasteiger partial charge >= 0.3 is 0 Å². The number of halogens is 1. The van der Waals surface area contributed by atoms with E-state index < -0.39 is 0 Å². The molecule has 1 N–H and O–H groups in total. The predicted octanol–water partition coefficient (Wildman–Crippen LogP) is 5.04.